The molecule has 0 spiro atoms. The maximum Gasteiger partial charge on any atom is 0.255 e. The van der Waals surface area contributed by atoms with Crippen molar-refractivity contribution >= 4 is 22.8 Å². The van der Waals surface area contributed by atoms with Crippen LogP contribution in [0.2, 0.25) is 0 Å². The maximum atomic E-state index is 13.6. The second kappa shape index (κ2) is 10.2. The molecular formula is C34H29FN2O4. The summed E-state index contributed by atoms with van der Waals surface area (Å²) in [5.41, 5.74) is 5.11. The lowest BCUT2D eigenvalue weighted by atomic mass is 9.94. The van der Waals surface area contributed by atoms with Crippen LogP contribution in [0, 0.1) is 12.7 Å². The number of amides is 2. The van der Waals surface area contributed by atoms with E-state index in [2.05, 4.69) is 10.6 Å². The molecule has 6 rings (SSSR count). The Morgan fingerprint density at radius 1 is 0.902 bits per heavy atom. The highest BCUT2D eigenvalue weighted by Gasteiger charge is 2.45. The van der Waals surface area contributed by atoms with Gasteiger partial charge in [0.25, 0.3) is 11.8 Å². The molecule has 0 bridgehead atoms. The zero-order chi connectivity index (χ0) is 28.7. The molecular weight excluding hydrogens is 519 g/mol. The molecule has 41 heavy (non-hydrogen) atoms. The molecule has 6 nitrogen and oxygen atoms in total. The molecule has 2 N–H and O–H groups in total. The number of fused-ring (bicyclic) bond motifs is 1. The summed E-state index contributed by atoms with van der Waals surface area (Å²) in [6.07, 6.45) is 1.78. The predicted octanol–water partition coefficient (Wildman–Crippen LogP) is 7.00. The lowest BCUT2D eigenvalue weighted by molar-refractivity contribution is 0.0929. The smallest absolute Gasteiger partial charge is 0.255 e. The number of carbonyl (C=O) groups excluding carboxylic acids is 2. The molecule has 1 saturated carbocycles. The summed E-state index contributed by atoms with van der Waals surface area (Å²) in [6.45, 7) is 1.94. The van der Waals surface area contributed by atoms with Gasteiger partial charge in [0.05, 0.1) is 18.2 Å². The van der Waals surface area contributed by atoms with Gasteiger partial charge in [0, 0.05) is 29.1 Å². The molecule has 1 heterocycles. The molecule has 4 aromatic carbocycles. The van der Waals surface area contributed by atoms with Crippen LogP contribution in [-0.2, 0) is 5.54 Å². The van der Waals surface area contributed by atoms with Gasteiger partial charge in [-0.2, -0.15) is 0 Å². The molecule has 1 aromatic heterocycles. The summed E-state index contributed by atoms with van der Waals surface area (Å²) in [7, 11) is 3.14. The number of ether oxygens (including phenoxy) is 1. The number of benzene rings is 4. The maximum absolute atomic E-state index is 13.6. The van der Waals surface area contributed by atoms with E-state index in [0.717, 1.165) is 35.1 Å². The van der Waals surface area contributed by atoms with Gasteiger partial charge in [-0.05, 0) is 91.1 Å². The Bertz CT molecular complexity index is 1790. The van der Waals surface area contributed by atoms with E-state index >= 15 is 0 Å². The van der Waals surface area contributed by atoms with E-state index in [1.54, 1.807) is 38.4 Å². The number of furan rings is 1. The van der Waals surface area contributed by atoms with Gasteiger partial charge in [-0.15, -0.1) is 0 Å². The minimum Gasteiger partial charge on any atom is -0.496 e. The Morgan fingerprint density at radius 2 is 1.63 bits per heavy atom. The normalized spacial score (nSPS) is 13.6. The van der Waals surface area contributed by atoms with Crippen molar-refractivity contribution in [2.75, 3.05) is 14.2 Å². The molecule has 0 atom stereocenters. The third-order valence-corrected chi connectivity index (χ3v) is 7.78. The van der Waals surface area contributed by atoms with E-state index in [9.17, 15) is 14.0 Å². The molecule has 1 fully saturated rings. The lowest BCUT2D eigenvalue weighted by Gasteiger charge is -2.19. The van der Waals surface area contributed by atoms with Gasteiger partial charge < -0.3 is 19.8 Å². The van der Waals surface area contributed by atoms with Crippen LogP contribution >= 0.6 is 0 Å². The van der Waals surface area contributed by atoms with E-state index in [1.807, 2.05) is 55.5 Å². The Morgan fingerprint density at radius 3 is 2.29 bits per heavy atom. The van der Waals surface area contributed by atoms with Crippen molar-refractivity contribution in [2.45, 2.75) is 25.3 Å². The first-order chi connectivity index (χ1) is 19.8. The van der Waals surface area contributed by atoms with Gasteiger partial charge in [0.2, 0.25) is 0 Å². The van der Waals surface area contributed by atoms with Gasteiger partial charge in [-0.3, -0.25) is 9.59 Å². The number of carbonyl (C=O) groups is 2. The zero-order valence-electron chi connectivity index (χ0n) is 23.0. The minimum absolute atomic E-state index is 0.165. The van der Waals surface area contributed by atoms with Crippen LogP contribution in [0.25, 0.3) is 33.4 Å². The summed E-state index contributed by atoms with van der Waals surface area (Å²) in [5, 5.41) is 6.53. The Labute approximate surface area is 237 Å². The highest BCUT2D eigenvalue weighted by molar-refractivity contribution is 6.12. The molecule has 1 aliphatic carbocycles. The number of rotatable bonds is 7. The fourth-order valence-corrected chi connectivity index (χ4v) is 5.41. The van der Waals surface area contributed by atoms with Gasteiger partial charge in [0.1, 0.15) is 22.9 Å². The number of hydrogen-bond donors (Lipinski definition) is 2. The van der Waals surface area contributed by atoms with Crippen LogP contribution in [0.15, 0.2) is 89.3 Å². The summed E-state index contributed by atoms with van der Waals surface area (Å²) in [5.74, 6) is 0.0796. The third kappa shape index (κ3) is 4.73. The van der Waals surface area contributed by atoms with Gasteiger partial charge >= 0.3 is 0 Å². The Hall–Kier alpha value is -4.91. The summed E-state index contributed by atoms with van der Waals surface area (Å²) >= 11 is 0. The van der Waals surface area contributed by atoms with Crippen molar-refractivity contribution in [1.29, 1.82) is 0 Å². The number of aryl methyl sites for hydroxylation is 1. The van der Waals surface area contributed by atoms with Crippen molar-refractivity contribution in [2.24, 2.45) is 0 Å². The standard InChI is InChI=1S/C34H29FN2O4/c1-20-17-29-27(30(33(39)36-2)31(41-29)21-9-12-24(35)13-10-21)19-25(20)26-18-22(11-14-28(26)40-3)32(38)37-34(15-16-34)23-7-5-4-6-8-23/h4-14,17-19H,15-16H2,1-3H3,(H,36,39)(H,37,38). The van der Waals surface area contributed by atoms with E-state index in [4.69, 9.17) is 9.15 Å². The Balaban J connectivity index is 1.44. The highest BCUT2D eigenvalue weighted by Crippen LogP contribution is 2.46. The van der Waals surface area contributed by atoms with Crippen molar-refractivity contribution in [1.82, 2.24) is 10.6 Å². The van der Waals surface area contributed by atoms with Crippen molar-refractivity contribution in [3.8, 4) is 28.2 Å². The second-order valence-corrected chi connectivity index (χ2v) is 10.4. The van der Waals surface area contributed by atoms with Crippen molar-refractivity contribution in [3.63, 3.8) is 0 Å². The molecule has 0 saturated heterocycles. The summed E-state index contributed by atoms with van der Waals surface area (Å²) in [6, 6.07) is 25.0. The largest absolute Gasteiger partial charge is 0.496 e. The Kier molecular flexibility index (Phi) is 6.58. The van der Waals surface area contributed by atoms with Crippen molar-refractivity contribution < 1.29 is 23.1 Å². The molecule has 0 aliphatic heterocycles. The molecule has 2 amide bonds. The van der Waals surface area contributed by atoms with Gasteiger partial charge in [-0.1, -0.05) is 30.3 Å². The van der Waals surface area contributed by atoms with Crippen LogP contribution in [-0.4, -0.2) is 26.0 Å². The summed E-state index contributed by atoms with van der Waals surface area (Å²) in [4.78, 5) is 26.6. The number of halogens is 1. The molecule has 7 heteroatoms. The third-order valence-electron chi connectivity index (χ3n) is 7.78. The number of hydrogen-bond acceptors (Lipinski definition) is 4. The lowest BCUT2D eigenvalue weighted by Crippen LogP contribution is -2.34. The number of methoxy groups -OCH3 is 1. The zero-order valence-corrected chi connectivity index (χ0v) is 23.0. The van der Waals surface area contributed by atoms with Crippen LogP contribution < -0.4 is 15.4 Å². The fourth-order valence-electron chi connectivity index (χ4n) is 5.41. The quantitative estimate of drug-likeness (QED) is 0.229. The van der Waals surface area contributed by atoms with E-state index in [0.29, 0.717) is 39.2 Å². The monoisotopic (exact) mass is 548 g/mol. The average Bonchev–Trinajstić information content (AvgIpc) is 3.69. The molecule has 0 radical (unpaired) electrons. The summed E-state index contributed by atoms with van der Waals surface area (Å²) < 4.78 is 25.5. The van der Waals surface area contributed by atoms with Gasteiger partial charge in [-0.25, -0.2) is 4.39 Å². The minimum atomic E-state index is -0.378. The van der Waals surface area contributed by atoms with E-state index < -0.39 is 0 Å². The number of nitrogens with one attached hydrogen (secondary N) is 2. The van der Waals surface area contributed by atoms with Crippen molar-refractivity contribution in [3.05, 3.63) is 113 Å². The van der Waals surface area contributed by atoms with Crippen LogP contribution in [0.4, 0.5) is 4.39 Å². The highest BCUT2D eigenvalue weighted by atomic mass is 19.1. The average molecular weight is 549 g/mol. The van der Waals surface area contributed by atoms with Crippen LogP contribution in [0.1, 0.15) is 44.7 Å². The molecule has 206 valence electrons. The molecule has 0 unspecified atom stereocenters. The fraction of sp³-hybridized carbons (Fsp3) is 0.176. The topological polar surface area (TPSA) is 80.6 Å². The first kappa shape index (κ1) is 26.3. The van der Waals surface area contributed by atoms with Crippen LogP contribution in [0.5, 0.6) is 5.75 Å². The first-order valence-corrected chi connectivity index (χ1v) is 13.4. The first-order valence-electron chi connectivity index (χ1n) is 13.4. The van der Waals surface area contributed by atoms with E-state index in [-0.39, 0.29) is 23.2 Å². The predicted molar refractivity (Wildman–Crippen MR) is 157 cm³/mol. The SMILES string of the molecule is CNC(=O)c1c(-c2ccc(F)cc2)oc2cc(C)c(-c3cc(C(=O)NC4(c5ccccc5)CC4)ccc3OC)cc12. The molecule has 1 aliphatic rings. The van der Waals surface area contributed by atoms with E-state index in [1.165, 1.54) is 12.1 Å². The second-order valence-electron chi connectivity index (χ2n) is 10.4. The molecule has 5 aromatic rings. The van der Waals surface area contributed by atoms with Gasteiger partial charge in [0.15, 0.2) is 0 Å². The van der Waals surface area contributed by atoms with Crippen LogP contribution in [0.3, 0.4) is 0 Å².